The fourth-order valence-electron chi connectivity index (χ4n) is 5.94. The van der Waals surface area contributed by atoms with Crippen LogP contribution in [0, 0.1) is 0 Å². The molecule has 1 aliphatic carbocycles. The lowest BCUT2D eigenvalue weighted by molar-refractivity contribution is -0.101. The van der Waals surface area contributed by atoms with Crippen molar-refractivity contribution in [2.75, 3.05) is 6.54 Å². The Morgan fingerprint density at radius 2 is 1.72 bits per heavy atom. The van der Waals surface area contributed by atoms with Crippen molar-refractivity contribution in [1.29, 1.82) is 0 Å². The molecule has 3 aliphatic heterocycles. The Morgan fingerprint density at radius 1 is 1.03 bits per heavy atom. The fraction of sp³-hybridized carbons (Fsp3) is 0.652. The molecule has 156 valence electrons. The van der Waals surface area contributed by atoms with E-state index in [4.69, 9.17) is 9.47 Å². The lowest BCUT2D eigenvalue weighted by atomic mass is 9.82. The quantitative estimate of drug-likeness (QED) is 0.754. The zero-order chi connectivity index (χ0) is 19.8. The second kappa shape index (κ2) is 7.54. The largest absolute Gasteiger partial charge is 0.445 e. The minimum Gasteiger partial charge on any atom is -0.445 e. The van der Waals surface area contributed by atoms with Gasteiger partial charge in [-0.3, -0.25) is 0 Å². The molecule has 1 saturated carbocycles. The third-order valence-electron chi connectivity index (χ3n) is 7.36. The molecule has 1 spiro atoms. The summed E-state index contributed by atoms with van der Waals surface area (Å²) < 4.78 is 11.7. The highest BCUT2D eigenvalue weighted by molar-refractivity contribution is 5.71. The maximum atomic E-state index is 12.8. The van der Waals surface area contributed by atoms with Crippen molar-refractivity contribution in [3.63, 3.8) is 0 Å². The van der Waals surface area contributed by atoms with Gasteiger partial charge in [0.25, 0.3) is 0 Å². The maximum Gasteiger partial charge on any atom is 0.410 e. The molecule has 2 atom stereocenters. The number of piperidine rings is 1. The SMILES string of the molecule is O=C1OC2(CCN1C1CCCC1)CC1CCC(C2)N1C(=O)OCc1ccccc1. The number of rotatable bonds is 3. The Hall–Kier alpha value is -2.24. The van der Waals surface area contributed by atoms with Crippen LogP contribution < -0.4 is 0 Å². The summed E-state index contributed by atoms with van der Waals surface area (Å²) >= 11 is 0. The topological polar surface area (TPSA) is 59.1 Å². The first-order chi connectivity index (χ1) is 14.1. The molecule has 3 saturated heterocycles. The molecule has 3 heterocycles. The average molecular weight is 399 g/mol. The van der Waals surface area contributed by atoms with Crippen LogP contribution in [-0.4, -0.2) is 52.3 Å². The van der Waals surface area contributed by atoms with Gasteiger partial charge in [-0.05, 0) is 31.2 Å². The normalized spacial score (nSPS) is 31.9. The van der Waals surface area contributed by atoms with Crippen molar-refractivity contribution in [2.24, 2.45) is 0 Å². The second-order valence-electron chi connectivity index (χ2n) is 9.17. The van der Waals surface area contributed by atoms with E-state index in [1.165, 1.54) is 12.8 Å². The zero-order valence-electron chi connectivity index (χ0n) is 16.9. The van der Waals surface area contributed by atoms with Gasteiger partial charge in [-0.15, -0.1) is 0 Å². The predicted molar refractivity (Wildman–Crippen MR) is 107 cm³/mol. The molecule has 6 heteroatoms. The van der Waals surface area contributed by atoms with Crippen LogP contribution in [0.3, 0.4) is 0 Å². The van der Waals surface area contributed by atoms with Gasteiger partial charge in [-0.1, -0.05) is 43.2 Å². The van der Waals surface area contributed by atoms with Gasteiger partial charge < -0.3 is 19.3 Å². The molecule has 0 aromatic heterocycles. The minimum atomic E-state index is -0.395. The highest BCUT2D eigenvalue weighted by Crippen LogP contribution is 2.46. The van der Waals surface area contributed by atoms with Gasteiger partial charge in [0, 0.05) is 43.9 Å². The van der Waals surface area contributed by atoms with E-state index < -0.39 is 5.60 Å². The van der Waals surface area contributed by atoms with E-state index in [1.54, 1.807) is 0 Å². The van der Waals surface area contributed by atoms with Crippen LogP contribution in [0.1, 0.15) is 63.4 Å². The molecule has 2 unspecified atom stereocenters. The fourth-order valence-corrected chi connectivity index (χ4v) is 5.94. The van der Waals surface area contributed by atoms with E-state index >= 15 is 0 Å². The highest BCUT2D eigenvalue weighted by Gasteiger charge is 2.54. The van der Waals surface area contributed by atoms with Gasteiger partial charge in [0.05, 0.1) is 0 Å². The molecular weight excluding hydrogens is 368 g/mol. The number of hydrogen-bond donors (Lipinski definition) is 0. The predicted octanol–water partition coefficient (Wildman–Crippen LogP) is 4.47. The second-order valence-corrected chi connectivity index (χ2v) is 9.17. The number of amides is 2. The summed E-state index contributed by atoms with van der Waals surface area (Å²) in [4.78, 5) is 29.4. The van der Waals surface area contributed by atoms with Gasteiger partial charge in [0.2, 0.25) is 0 Å². The number of nitrogens with zero attached hydrogens (tertiary/aromatic N) is 2. The van der Waals surface area contributed by atoms with E-state index in [-0.39, 0.29) is 24.3 Å². The van der Waals surface area contributed by atoms with Crippen molar-refractivity contribution in [3.05, 3.63) is 35.9 Å². The van der Waals surface area contributed by atoms with Gasteiger partial charge in [-0.25, -0.2) is 9.59 Å². The third kappa shape index (κ3) is 3.58. The van der Waals surface area contributed by atoms with Crippen LogP contribution in [0.25, 0.3) is 0 Å². The first-order valence-corrected chi connectivity index (χ1v) is 11.1. The number of carbonyl (C=O) groups is 2. The summed E-state index contributed by atoms with van der Waals surface area (Å²) in [6.45, 7) is 1.09. The Morgan fingerprint density at radius 3 is 2.38 bits per heavy atom. The van der Waals surface area contributed by atoms with E-state index in [2.05, 4.69) is 0 Å². The Bertz CT molecular complexity index is 747. The number of benzene rings is 1. The Kier molecular flexibility index (Phi) is 4.88. The molecule has 0 radical (unpaired) electrons. The molecule has 4 fully saturated rings. The van der Waals surface area contributed by atoms with Crippen LogP contribution in [0.5, 0.6) is 0 Å². The maximum absolute atomic E-state index is 12.8. The summed E-state index contributed by atoms with van der Waals surface area (Å²) in [7, 11) is 0. The molecule has 4 aliphatic rings. The van der Waals surface area contributed by atoms with Crippen LogP contribution in [0.15, 0.2) is 30.3 Å². The standard InChI is InChI=1S/C23H30N2O4/c26-21-24(18-8-4-5-9-18)13-12-23(29-21)14-19-10-11-20(15-23)25(19)22(27)28-16-17-6-2-1-3-7-17/h1-3,6-7,18-20H,4-5,8-16H2. The summed E-state index contributed by atoms with van der Waals surface area (Å²) in [5, 5.41) is 0. The number of fused-ring (bicyclic) bond motifs is 2. The molecular formula is C23H30N2O4. The lowest BCUT2D eigenvalue weighted by Gasteiger charge is -2.49. The monoisotopic (exact) mass is 398 g/mol. The zero-order valence-corrected chi connectivity index (χ0v) is 16.9. The number of carbonyl (C=O) groups excluding carboxylic acids is 2. The van der Waals surface area contributed by atoms with Gasteiger partial charge in [0.1, 0.15) is 12.2 Å². The summed E-state index contributed by atoms with van der Waals surface area (Å²) in [6.07, 6.45) is 8.58. The van der Waals surface area contributed by atoms with E-state index in [1.807, 2.05) is 40.1 Å². The summed E-state index contributed by atoms with van der Waals surface area (Å²) in [5.41, 5.74) is 0.601. The smallest absolute Gasteiger partial charge is 0.410 e. The van der Waals surface area contributed by atoms with E-state index in [9.17, 15) is 9.59 Å². The van der Waals surface area contributed by atoms with Crippen molar-refractivity contribution in [2.45, 2.75) is 88.1 Å². The first-order valence-electron chi connectivity index (χ1n) is 11.1. The molecule has 1 aromatic rings. The minimum absolute atomic E-state index is 0.114. The molecule has 6 nitrogen and oxygen atoms in total. The molecule has 5 rings (SSSR count). The molecule has 29 heavy (non-hydrogen) atoms. The van der Waals surface area contributed by atoms with Gasteiger partial charge >= 0.3 is 12.2 Å². The highest BCUT2D eigenvalue weighted by atomic mass is 16.6. The van der Waals surface area contributed by atoms with Gasteiger partial charge in [0.15, 0.2) is 0 Å². The lowest BCUT2D eigenvalue weighted by Crippen LogP contribution is -2.60. The molecule has 2 amide bonds. The Balaban J connectivity index is 1.21. The molecule has 0 N–H and O–H groups in total. The van der Waals surface area contributed by atoms with E-state index in [0.717, 1.165) is 57.1 Å². The number of ether oxygens (including phenoxy) is 2. The first kappa shape index (κ1) is 18.8. The van der Waals surface area contributed by atoms with Crippen LogP contribution in [0.4, 0.5) is 9.59 Å². The molecule has 2 bridgehead atoms. The van der Waals surface area contributed by atoms with Crippen molar-refractivity contribution in [3.8, 4) is 0 Å². The number of hydrogen-bond acceptors (Lipinski definition) is 4. The van der Waals surface area contributed by atoms with Crippen LogP contribution in [-0.2, 0) is 16.1 Å². The Labute approximate surface area is 172 Å². The molecule has 1 aromatic carbocycles. The van der Waals surface area contributed by atoms with Crippen molar-refractivity contribution < 1.29 is 19.1 Å². The summed E-state index contributed by atoms with van der Waals surface area (Å²) in [5.74, 6) is 0. The average Bonchev–Trinajstić information content (AvgIpc) is 3.34. The van der Waals surface area contributed by atoms with Gasteiger partial charge in [-0.2, -0.15) is 0 Å². The third-order valence-corrected chi connectivity index (χ3v) is 7.36. The summed E-state index contributed by atoms with van der Waals surface area (Å²) in [6, 6.07) is 10.4. The van der Waals surface area contributed by atoms with Crippen molar-refractivity contribution in [1.82, 2.24) is 9.80 Å². The van der Waals surface area contributed by atoms with E-state index in [0.29, 0.717) is 12.6 Å². The van der Waals surface area contributed by atoms with Crippen molar-refractivity contribution >= 4 is 12.2 Å². The van der Waals surface area contributed by atoms with Crippen LogP contribution in [0.2, 0.25) is 0 Å². The van der Waals surface area contributed by atoms with Crippen LogP contribution >= 0.6 is 0 Å².